The third kappa shape index (κ3) is 4.55. The van der Waals surface area contributed by atoms with Gasteiger partial charge < -0.3 is 0 Å². The van der Waals surface area contributed by atoms with Crippen molar-refractivity contribution in [3.8, 4) is 11.8 Å². The van der Waals surface area contributed by atoms with Crippen molar-refractivity contribution in [2.75, 3.05) is 5.75 Å². The van der Waals surface area contributed by atoms with Gasteiger partial charge >= 0.3 is 0 Å². The number of hydrogen-bond donors (Lipinski definition) is 0. The highest BCUT2D eigenvalue weighted by molar-refractivity contribution is 8.13. The first-order chi connectivity index (χ1) is 8.50. The molecule has 1 aromatic rings. The van der Waals surface area contributed by atoms with Gasteiger partial charge in [-0.1, -0.05) is 23.6 Å². The molecule has 0 fully saturated rings. The summed E-state index contributed by atoms with van der Waals surface area (Å²) in [7, 11) is 0. The van der Waals surface area contributed by atoms with Crippen LogP contribution in [0.3, 0.4) is 0 Å². The molecule has 0 aromatic heterocycles. The molecule has 0 saturated carbocycles. The van der Waals surface area contributed by atoms with Gasteiger partial charge in [-0.25, -0.2) is 4.39 Å². The molecule has 6 heteroatoms. The third-order valence-corrected chi connectivity index (χ3v) is 2.73. The van der Waals surface area contributed by atoms with Gasteiger partial charge in [-0.3, -0.25) is 14.9 Å². The summed E-state index contributed by atoms with van der Waals surface area (Å²) in [5.41, 5.74) is -0.170. The van der Waals surface area contributed by atoms with E-state index >= 15 is 0 Å². The molecule has 94 valence electrons. The van der Waals surface area contributed by atoms with E-state index in [-0.39, 0.29) is 16.4 Å². The molecule has 1 rings (SSSR count). The minimum atomic E-state index is -0.603. The van der Waals surface area contributed by atoms with Gasteiger partial charge in [0.25, 0.3) is 5.69 Å². The number of hydrogen-bond acceptors (Lipinski definition) is 4. The molecule has 0 amide bonds. The molecular formula is C12H10FNO3S. The molecule has 0 bridgehead atoms. The fourth-order valence-corrected chi connectivity index (χ4v) is 1.66. The molecule has 0 spiro atoms. The molecule has 0 aliphatic heterocycles. The lowest BCUT2D eigenvalue weighted by molar-refractivity contribution is -0.385. The van der Waals surface area contributed by atoms with Crippen molar-refractivity contribution in [3.05, 3.63) is 39.7 Å². The number of thioether (sulfide) groups is 1. The van der Waals surface area contributed by atoms with E-state index in [0.29, 0.717) is 12.2 Å². The number of halogens is 1. The third-order valence-electron chi connectivity index (χ3n) is 1.91. The summed E-state index contributed by atoms with van der Waals surface area (Å²) in [5.74, 6) is 5.19. The zero-order valence-corrected chi connectivity index (χ0v) is 10.4. The van der Waals surface area contributed by atoms with Gasteiger partial charge in [0, 0.05) is 25.2 Å². The van der Waals surface area contributed by atoms with Gasteiger partial charge in [-0.05, 0) is 12.1 Å². The van der Waals surface area contributed by atoms with Crippen molar-refractivity contribution in [2.24, 2.45) is 0 Å². The number of nitro groups is 1. The predicted octanol–water partition coefficient (Wildman–Crippen LogP) is 2.76. The Bertz CT molecular complexity index is 534. The van der Waals surface area contributed by atoms with Crippen molar-refractivity contribution in [1.29, 1.82) is 0 Å². The molecule has 0 aliphatic carbocycles. The van der Waals surface area contributed by atoms with Crippen molar-refractivity contribution in [1.82, 2.24) is 0 Å². The second-order valence-electron chi connectivity index (χ2n) is 3.31. The summed E-state index contributed by atoms with van der Waals surface area (Å²) >= 11 is 1.13. The number of carbonyl (C=O) groups is 1. The van der Waals surface area contributed by atoms with Crippen LogP contribution in [0.1, 0.15) is 18.9 Å². The van der Waals surface area contributed by atoms with Gasteiger partial charge in [0.05, 0.1) is 4.92 Å². The lowest BCUT2D eigenvalue weighted by Gasteiger charge is -1.95. The van der Waals surface area contributed by atoms with Crippen LogP contribution >= 0.6 is 11.8 Å². The number of benzene rings is 1. The van der Waals surface area contributed by atoms with E-state index in [4.69, 9.17) is 0 Å². The smallest absolute Gasteiger partial charge is 0.285 e. The first-order valence-electron chi connectivity index (χ1n) is 5.07. The molecule has 0 heterocycles. The van der Waals surface area contributed by atoms with Crippen LogP contribution in [-0.4, -0.2) is 15.8 Å². The molecule has 0 unspecified atom stereocenters. The fraction of sp³-hybridized carbons (Fsp3) is 0.250. The molecule has 4 nitrogen and oxygen atoms in total. The SMILES string of the molecule is CC(=O)SCCC#Cc1cc(F)ccc1[N+](=O)[O-]. The second-order valence-corrected chi connectivity index (χ2v) is 4.58. The summed E-state index contributed by atoms with van der Waals surface area (Å²) in [4.78, 5) is 20.7. The summed E-state index contributed by atoms with van der Waals surface area (Å²) in [6.45, 7) is 1.45. The van der Waals surface area contributed by atoms with E-state index in [2.05, 4.69) is 11.8 Å². The largest absolute Gasteiger partial charge is 0.288 e. The maximum absolute atomic E-state index is 13.0. The highest BCUT2D eigenvalue weighted by atomic mass is 32.2. The summed E-state index contributed by atoms with van der Waals surface area (Å²) in [5, 5.41) is 10.7. The maximum Gasteiger partial charge on any atom is 0.285 e. The van der Waals surface area contributed by atoms with Gasteiger partial charge in [0.1, 0.15) is 11.4 Å². The van der Waals surface area contributed by atoms with Crippen LogP contribution in [0.4, 0.5) is 10.1 Å². The van der Waals surface area contributed by atoms with Crippen LogP contribution in [0.5, 0.6) is 0 Å². The lowest BCUT2D eigenvalue weighted by atomic mass is 10.2. The van der Waals surface area contributed by atoms with Crippen LogP contribution in [0.15, 0.2) is 18.2 Å². The Balaban J connectivity index is 2.77. The molecule has 1 aromatic carbocycles. The molecule has 0 saturated heterocycles. The average Bonchev–Trinajstić information content (AvgIpc) is 2.27. The predicted molar refractivity (Wildman–Crippen MR) is 67.7 cm³/mol. The standard InChI is InChI=1S/C12H10FNO3S/c1-9(15)18-7-3-2-4-10-8-11(13)5-6-12(10)14(16)17/h5-6,8H,3,7H2,1H3. The Hall–Kier alpha value is -1.87. The number of rotatable bonds is 3. The highest BCUT2D eigenvalue weighted by Crippen LogP contribution is 2.18. The summed E-state index contributed by atoms with van der Waals surface area (Å²) in [6, 6.07) is 3.14. The van der Waals surface area contributed by atoms with Crippen LogP contribution in [0.25, 0.3) is 0 Å². The van der Waals surface area contributed by atoms with Crippen molar-refractivity contribution in [3.63, 3.8) is 0 Å². The first kappa shape index (κ1) is 14.2. The Labute approximate surface area is 108 Å². The van der Waals surface area contributed by atoms with E-state index in [1.54, 1.807) is 0 Å². The van der Waals surface area contributed by atoms with E-state index in [1.807, 2.05) is 0 Å². The second kappa shape index (κ2) is 6.77. The lowest BCUT2D eigenvalue weighted by Crippen LogP contribution is -1.93. The molecule has 18 heavy (non-hydrogen) atoms. The van der Waals surface area contributed by atoms with E-state index in [1.165, 1.54) is 6.92 Å². The number of nitrogens with zero attached hydrogens (tertiary/aromatic N) is 1. The fourth-order valence-electron chi connectivity index (χ4n) is 1.17. The minimum absolute atomic E-state index is 0.00599. The van der Waals surface area contributed by atoms with Gasteiger partial charge in [0.2, 0.25) is 0 Å². The Morgan fingerprint density at radius 1 is 1.56 bits per heavy atom. The Morgan fingerprint density at radius 2 is 2.28 bits per heavy atom. The number of carbonyl (C=O) groups excluding carboxylic acids is 1. The zero-order valence-electron chi connectivity index (χ0n) is 9.60. The Kier molecular flexibility index (Phi) is 5.33. The summed E-state index contributed by atoms with van der Waals surface area (Å²) < 4.78 is 13.0. The van der Waals surface area contributed by atoms with Crippen molar-refractivity contribution < 1.29 is 14.1 Å². The van der Waals surface area contributed by atoms with Crippen molar-refractivity contribution in [2.45, 2.75) is 13.3 Å². The average molecular weight is 267 g/mol. The van der Waals surface area contributed by atoms with Crippen LogP contribution in [0, 0.1) is 27.8 Å². The highest BCUT2D eigenvalue weighted by Gasteiger charge is 2.12. The van der Waals surface area contributed by atoms with E-state index < -0.39 is 10.7 Å². The Morgan fingerprint density at radius 3 is 2.89 bits per heavy atom. The van der Waals surface area contributed by atoms with Crippen LogP contribution < -0.4 is 0 Å². The van der Waals surface area contributed by atoms with Gasteiger partial charge in [-0.15, -0.1) is 0 Å². The normalized spacial score (nSPS) is 9.44. The van der Waals surface area contributed by atoms with Gasteiger partial charge in [-0.2, -0.15) is 0 Å². The molecule has 0 aliphatic rings. The van der Waals surface area contributed by atoms with Crippen LogP contribution in [0.2, 0.25) is 0 Å². The molecule has 0 N–H and O–H groups in total. The molecule has 0 atom stereocenters. The zero-order chi connectivity index (χ0) is 13.5. The van der Waals surface area contributed by atoms with Crippen LogP contribution in [-0.2, 0) is 4.79 Å². The monoisotopic (exact) mass is 267 g/mol. The molecule has 0 radical (unpaired) electrons. The topological polar surface area (TPSA) is 60.2 Å². The van der Waals surface area contributed by atoms with E-state index in [0.717, 1.165) is 30.0 Å². The number of nitro benzene ring substituents is 1. The molecular weight excluding hydrogens is 257 g/mol. The first-order valence-corrected chi connectivity index (χ1v) is 6.05. The van der Waals surface area contributed by atoms with Crippen molar-refractivity contribution >= 4 is 22.6 Å². The minimum Gasteiger partial charge on any atom is -0.288 e. The van der Waals surface area contributed by atoms with E-state index in [9.17, 15) is 19.3 Å². The maximum atomic E-state index is 13.0. The quantitative estimate of drug-likeness (QED) is 0.365. The summed E-state index contributed by atoms with van der Waals surface area (Å²) in [6.07, 6.45) is 0.415. The van der Waals surface area contributed by atoms with Gasteiger partial charge in [0.15, 0.2) is 5.12 Å².